The third-order valence-electron chi connectivity index (χ3n) is 5.00. The molecule has 0 aromatic heterocycles. The first-order valence-electron chi connectivity index (χ1n) is 9.86. The molecule has 0 saturated carbocycles. The molecule has 6 nitrogen and oxygen atoms in total. The molecule has 1 aliphatic rings. The molecule has 1 saturated heterocycles. The number of hydrogen-bond donors (Lipinski definition) is 1. The van der Waals surface area contributed by atoms with Gasteiger partial charge in [-0.05, 0) is 56.9 Å². The summed E-state index contributed by atoms with van der Waals surface area (Å²) in [6, 6.07) is 9.37. The van der Waals surface area contributed by atoms with E-state index in [-0.39, 0.29) is 28.5 Å². The SMILES string of the molecule is CCOc1ccc(C(O)=C2C(=O)C(=O)N(CCN(C)C)[C@@H]2c2cccc(F)c2)cc1Cl. The maximum Gasteiger partial charge on any atom is 0.295 e. The van der Waals surface area contributed by atoms with Gasteiger partial charge in [-0.25, -0.2) is 4.39 Å². The number of ether oxygens (including phenoxy) is 1. The summed E-state index contributed by atoms with van der Waals surface area (Å²) in [6.07, 6.45) is 0. The van der Waals surface area contributed by atoms with Gasteiger partial charge in [-0.2, -0.15) is 0 Å². The van der Waals surface area contributed by atoms with Crippen molar-refractivity contribution in [3.8, 4) is 5.75 Å². The molecule has 0 aliphatic carbocycles. The van der Waals surface area contributed by atoms with E-state index in [1.807, 2.05) is 25.9 Å². The van der Waals surface area contributed by atoms with Crippen LogP contribution in [-0.4, -0.2) is 60.4 Å². The Morgan fingerprint density at radius 3 is 2.58 bits per heavy atom. The third kappa shape index (κ3) is 4.73. The molecule has 8 heteroatoms. The van der Waals surface area contributed by atoms with Crippen LogP contribution in [0.5, 0.6) is 5.75 Å². The summed E-state index contributed by atoms with van der Waals surface area (Å²) < 4.78 is 19.4. The summed E-state index contributed by atoms with van der Waals surface area (Å²) in [5.41, 5.74) is 0.562. The smallest absolute Gasteiger partial charge is 0.295 e. The molecule has 31 heavy (non-hydrogen) atoms. The van der Waals surface area contributed by atoms with Crippen molar-refractivity contribution in [2.45, 2.75) is 13.0 Å². The number of carbonyl (C=O) groups is 2. The van der Waals surface area contributed by atoms with E-state index in [2.05, 4.69) is 0 Å². The molecule has 1 aliphatic heterocycles. The minimum atomic E-state index is -0.916. The van der Waals surface area contributed by atoms with Crippen LogP contribution in [0.4, 0.5) is 4.39 Å². The summed E-state index contributed by atoms with van der Waals surface area (Å²) in [6.45, 7) is 2.97. The van der Waals surface area contributed by atoms with Crippen molar-refractivity contribution < 1.29 is 23.8 Å². The lowest BCUT2D eigenvalue weighted by atomic mass is 9.95. The number of carbonyl (C=O) groups excluding carboxylic acids is 2. The zero-order valence-electron chi connectivity index (χ0n) is 17.6. The van der Waals surface area contributed by atoms with Gasteiger partial charge >= 0.3 is 0 Å². The number of likely N-dealkylation sites (tertiary alicyclic amines) is 1. The number of aliphatic hydroxyl groups is 1. The van der Waals surface area contributed by atoms with Gasteiger partial charge in [0, 0.05) is 18.7 Å². The Bertz CT molecular complexity index is 1040. The van der Waals surface area contributed by atoms with Gasteiger partial charge in [0.25, 0.3) is 11.7 Å². The second-order valence-electron chi connectivity index (χ2n) is 7.43. The normalized spacial score (nSPS) is 18.1. The van der Waals surface area contributed by atoms with Crippen molar-refractivity contribution in [2.75, 3.05) is 33.8 Å². The number of nitrogens with zero attached hydrogens (tertiary/aromatic N) is 2. The molecule has 1 heterocycles. The quantitative estimate of drug-likeness (QED) is 0.397. The summed E-state index contributed by atoms with van der Waals surface area (Å²) in [4.78, 5) is 29.0. The minimum absolute atomic E-state index is 0.102. The van der Waals surface area contributed by atoms with Crippen LogP contribution in [0.1, 0.15) is 24.1 Å². The minimum Gasteiger partial charge on any atom is -0.507 e. The van der Waals surface area contributed by atoms with Crippen LogP contribution in [0.3, 0.4) is 0 Å². The molecule has 2 aromatic carbocycles. The zero-order chi connectivity index (χ0) is 22.7. The highest BCUT2D eigenvalue weighted by Gasteiger charge is 2.46. The fourth-order valence-corrected chi connectivity index (χ4v) is 3.75. The predicted molar refractivity (Wildman–Crippen MR) is 117 cm³/mol. The van der Waals surface area contributed by atoms with E-state index in [1.54, 1.807) is 18.2 Å². The molecule has 1 amide bonds. The zero-order valence-corrected chi connectivity index (χ0v) is 18.3. The first-order valence-corrected chi connectivity index (χ1v) is 10.2. The fourth-order valence-electron chi connectivity index (χ4n) is 3.52. The van der Waals surface area contributed by atoms with E-state index >= 15 is 0 Å². The Hall–Kier alpha value is -2.90. The van der Waals surface area contributed by atoms with Gasteiger partial charge in [0.1, 0.15) is 17.3 Å². The number of hydrogen-bond acceptors (Lipinski definition) is 5. The largest absolute Gasteiger partial charge is 0.507 e. The van der Waals surface area contributed by atoms with Crippen molar-refractivity contribution in [3.05, 3.63) is 70.0 Å². The molecule has 0 spiro atoms. The summed E-state index contributed by atoms with van der Waals surface area (Å²) in [5, 5.41) is 11.3. The van der Waals surface area contributed by atoms with Crippen LogP contribution >= 0.6 is 11.6 Å². The number of likely N-dealkylation sites (N-methyl/N-ethyl adjacent to an activating group) is 1. The van der Waals surface area contributed by atoms with Crippen LogP contribution in [0.2, 0.25) is 5.02 Å². The number of rotatable bonds is 7. The van der Waals surface area contributed by atoms with Crippen molar-refractivity contribution in [3.63, 3.8) is 0 Å². The average Bonchev–Trinajstić information content (AvgIpc) is 2.98. The molecule has 0 unspecified atom stereocenters. The van der Waals surface area contributed by atoms with Crippen LogP contribution in [-0.2, 0) is 9.59 Å². The molecular weight excluding hydrogens is 423 g/mol. The summed E-state index contributed by atoms with van der Waals surface area (Å²) in [7, 11) is 3.69. The Morgan fingerprint density at radius 1 is 1.23 bits per heavy atom. The molecular formula is C23H24ClFN2O4. The van der Waals surface area contributed by atoms with Crippen LogP contribution in [0.25, 0.3) is 5.76 Å². The van der Waals surface area contributed by atoms with Crippen molar-refractivity contribution in [1.29, 1.82) is 0 Å². The van der Waals surface area contributed by atoms with Gasteiger partial charge in [-0.15, -0.1) is 0 Å². The summed E-state index contributed by atoms with van der Waals surface area (Å²) in [5.74, 6) is -2.00. The average molecular weight is 447 g/mol. The van der Waals surface area contributed by atoms with E-state index < -0.39 is 23.5 Å². The van der Waals surface area contributed by atoms with Crippen molar-refractivity contribution in [2.24, 2.45) is 0 Å². The topological polar surface area (TPSA) is 70.1 Å². The lowest BCUT2D eigenvalue weighted by Crippen LogP contribution is -2.35. The number of halogens is 2. The lowest BCUT2D eigenvalue weighted by molar-refractivity contribution is -0.140. The van der Waals surface area contributed by atoms with E-state index in [0.29, 0.717) is 24.5 Å². The second kappa shape index (κ2) is 9.49. The number of ketones is 1. The lowest BCUT2D eigenvalue weighted by Gasteiger charge is -2.26. The molecule has 0 radical (unpaired) electrons. The van der Waals surface area contributed by atoms with Crippen LogP contribution in [0.15, 0.2) is 48.0 Å². The fraction of sp³-hybridized carbons (Fsp3) is 0.304. The van der Waals surface area contributed by atoms with Gasteiger partial charge in [0.2, 0.25) is 0 Å². The number of aliphatic hydroxyl groups excluding tert-OH is 1. The van der Waals surface area contributed by atoms with E-state index in [0.717, 1.165) is 0 Å². The maximum absolute atomic E-state index is 14.0. The Morgan fingerprint density at radius 2 is 1.97 bits per heavy atom. The molecule has 3 rings (SSSR count). The molecule has 1 fully saturated rings. The van der Waals surface area contributed by atoms with Gasteiger partial charge < -0.3 is 19.6 Å². The first kappa shape index (κ1) is 22.8. The van der Waals surface area contributed by atoms with Crippen LogP contribution in [0, 0.1) is 5.82 Å². The molecule has 2 aromatic rings. The second-order valence-corrected chi connectivity index (χ2v) is 7.84. The summed E-state index contributed by atoms with van der Waals surface area (Å²) >= 11 is 6.24. The van der Waals surface area contributed by atoms with Gasteiger partial charge in [-0.1, -0.05) is 23.7 Å². The highest BCUT2D eigenvalue weighted by molar-refractivity contribution is 6.46. The predicted octanol–water partition coefficient (Wildman–Crippen LogP) is 3.86. The molecule has 164 valence electrons. The highest BCUT2D eigenvalue weighted by atomic mass is 35.5. The standard InChI is InChI=1S/C23H24ClFN2O4/c1-4-31-18-9-8-15(13-17(18)24)21(28)19-20(14-6-5-7-16(25)12-14)27(11-10-26(2)3)23(30)22(19)29/h5-9,12-13,20,28H,4,10-11H2,1-3H3/t20-/m1/s1. The highest BCUT2D eigenvalue weighted by Crippen LogP contribution is 2.40. The Labute approximate surface area is 185 Å². The molecule has 1 atom stereocenters. The van der Waals surface area contributed by atoms with E-state index in [4.69, 9.17) is 16.3 Å². The Kier molecular flexibility index (Phi) is 6.97. The van der Waals surface area contributed by atoms with Crippen molar-refractivity contribution >= 4 is 29.1 Å². The third-order valence-corrected chi connectivity index (χ3v) is 5.29. The molecule has 0 bridgehead atoms. The van der Waals surface area contributed by atoms with E-state index in [1.165, 1.54) is 29.2 Å². The number of benzene rings is 2. The van der Waals surface area contributed by atoms with Gasteiger partial charge in [-0.3, -0.25) is 9.59 Å². The monoisotopic (exact) mass is 446 g/mol. The van der Waals surface area contributed by atoms with Crippen molar-refractivity contribution in [1.82, 2.24) is 9.80 Å². The first-order chi connectivity index (χ1) is 14.7. The Balaban J connectivity index is 2.13. The number of amides is 1. The maximum atomic E-state index is 14.0. The van der Waals surface area contributed by atoms with Gasteiger partial charge in [0.05, 0.1) is 23.2 Å². The van der Waals surface area contributed by atoms with Gasteiger partial charge in [0.15, 0.2) is 0 Å². The van der Waals surface area contributed by atoms with E-state index in [9.17, 15) is 19.1 Å². The molecule has 1 N–H and O–H groups in total. The van der Waals surface area contributed by atoms with Crippen LogP contribution < -0.4 is 4.74 Å². The number of Topliss-reactive ketones (excluding diaryl/α,β-unsaturated/α-hetero) is 1.